The highest BCUT2D eigenvalue weighted by atomic mass is 79.9. The van der Waals surface area contributed by atoms with Crippen molar-refractivity contribution in [3.05, 3.63) is 28.2 Å². The van der Waals surface area contributed by atoms with Crippen molar-refractivity contribution in [2.45, 2.75) is 19.8 Å². The predicted octanol–water partition coefficient (Wildman–Crippen LogP) is 3.56. The standard InChI is InChI=1S/C12H15BrN2/c1-3-4-7-15(2)12-6-5-11(13)8-10(12)9-14/h5-6,8H,3-4,7H2,1-2H3. The zero-order chi connectivity index (χ0) is 11.3. The first-order valence-electron chi connectivity index (χ1n) is 5.09. The molecule has 0 aliphatic rings. The summed E-state index contributed by atoms with van der Waals surface area (Å²) in [5.74, 6) is 0. The molecule has 0 N–H and O–H groups in total. The lowest BCUT2D eigenvalue weighted by molar-refractivity contribution is 0.766. The van der Waals surface area contributed by atoms with Gasteiger partial charge in [0, 0.05) is 18.1 Å². The van der Waals surface area contributed by atoms with E-state index >= 15 is 0 Å². The fourth-order valence-electron chi connectivity index (χ4n) is 1.45. The van der Waals surface area contributed by atoms with Crippen LogP contribution in [0.25, 0.3) is 0 Å². The average Bonchev–Trinajstić information content (AvgIpc) is 2.25. The van der Waals surface area contributed by atoms with Crippen LogP contribution in [-0.4, -0.2) is 13.6 Å². The van der Waals surface area contributed by atoms with Crippen LogP contribution >= 0.6 is 15.9 Å². The first-order valence-corrected chi connectivity index (χ1v) is 5.89. The van der Waals surface area contributed by atoms with E-state index in [1.54, 1.807) is 0 Å². The Morgan fingerprint density at radius 2 is 2.20 bits per heavy atom. The first kappa shape index (κ1) is 12.1. The van der Waals surface area contributed by atoms with Gasteiger partial charge >= 0.3 is 0 Å². The van der Waals surface area contributed by atoms with Crippen molar-refractivity contribution >= 4 is 21.6 Å². The molecular weight excluding hydrogens is 252 g/mol. The largest absolute Gasteiger partial charge is 0.374 e. The van der Waals surface area contributed by atoms with E-state index in [2.05, 4.69) is 33.8 Å². The Morgan fingerprint density at radius 1 is 1.47 bits per heavy atom. The number of hydrogen-bond acceptors (Lipinski definition) is 2. The van der Waals surface area contributed by atoms with Gasteiger partial charge < -0.3 is 4.90 Å². The van der Waals surface area contributed by atoms with Crippen LogP contribution in [0.15, 0.2) is 22.7 Å². The van der Waals surface area contributed by atoms with Gasteiger partial charge in [0.25, 0.3) is 0 Å². The Labute approximate surface area is 99.6 Å². The molecule has 0 atom stereocenters. The van der Waals surface area contributed by atoms with Gasteiger partial charge in [-0.1, -0.05) is 29.3 Å². The van der Waals surface area contributed by atoms with Crippen LogP contribution in [0.1, 0.15) is 25.3 Å². The van der Waals surface area contributed by atoms with Gasteiger partial charge in [0.05, 0.1) is 11.3 Å². The summed E-state index contributed by atoms with van der Waals surface area (Å²) < 4.78 is 0.951. The van der Waals surface area contributed by atoms with Crippen molar-refractivity contribution in [1.82, 2.24) is 0 Å². The Hall–Kier alpha value is -1.01. The van der Waals surface area contributed by atoms with Crippen molar-refractivity contribution < 1.29 is 0 Å². The minimum absolute atomic E-state index is 0.725. The van der Waals surface area contributed by atoms with E-state index in [1.165, 1.54) is 6.42 Å². The van der Waals surface area contributed by atoms with Gasteiger partial charge in [0.2, 0.25) is 0 Å². The Kier molecular flexibility index (Phi) is 4.64. The van der Waals surface area contributed by atoms with E-state index in [-0.39, 0.29) is 0 Å². The fraction of sp³-hybridized carbons (Fsp3) is 0.417. The van der Waals surface area contributed by atoms with Crippen molar-refractivity contribution in [1.29, 1.82) is 5.26 Å². The second kappa shape index (κ2) is 5.77. The first-order chi connectivity index (χ1) is 7.19. The Morgan fingerprint density at radius 3 is 2.80 bits per heavy atom. The molecule has 0 bridgehead atoms. The zero-order valence-corrected chi connectivity index (χ0v) is 10.7. The lowest BCUT2D eigenvalue weighted by Crippen LogP contribution is -2.19. The molecule has 0 saturated carbocycles. The third-order valence-corrected chi connectivity index (χ3v) is 2.83. The molecule has 2 nitrogen and oxygen atoms in total. The molecule has 1 aromatic rings. The summed E-state index contributed by atoms with van der Waals surface area (Å²) in [6.07, 6.45) is 2.32. The number of nitrogens with zero attached hydrogens (tertiary/aromatic N) is 2. The Bertz CT molecular complexity index is 368. The quantitative estimate of drug-likeness (QED) is 0.834. The van der Waals surface area contributed by atoms with Gasteiger partial charge in [-0.25, -0.2) is 0 Å². The smallest absolute Gasteiger partial charge is 0.101 e. The molecular formula is C12H15BrN2. The lowest BCUT2D eigenvalue weighted by atomic mass is 10.1. The van der Waals surface area contributed by atoms with Crippen LogP contribution < -0.4 is 4.90 Å². The molecule has 0 spiro atoms. The molecule has 0 radical (unpaired) electrons. The second-order valence-corrected chi connectivity index (χ2v) is 4.46. The normalized spacial score (nSPS) is 9.73. The van der Waals surface area contributed by atoms with Crippen LogP contribution in [-0.2, 0) is 0 Å². The number of unbranched alkanes of at least 4 members (excludes halogenated alkanes) is 1. The molecule has 15 heavy (non-hydrogen) atoms. The summed E-state index contributed by atoms with van der Waals surface area (Å²) in [4.78, 5) is 2.13. The summed E-state index contributed by atoms with van der Waals surface area (Å²) in [6.45, 7) is 3.16. The van der Waals surface area contributed by atoms with Gasteiger partial charge in [-0.05, 0) is 24.6 Å². The highest BCUT2D eigenvalue weighted by Gasteiger charge is 2.06. The van der Waals surface area contributed by atoms with E-state index < -0.39 is 0 Å². The summed E-state index contributed by atoms with van der Waals surface area (Å²) in [5.41, 5.74) is 1.73. The maximum atomic E-state index is 9.02. The van der Waals surface area contributed by atoms with E-state index in [0.29, 0.717) is 0 Å². The van der Waals surface area contributed by atoms with E-state index in [4.69, 9.17) is 5.26 Å². The van der Waals surface area contributed by atoms with Gasteiger partial charge in [-0.3, -0.25) is 0 Å². The number of nitriles is 1. The SMILES string of the molecule is CCCCN(C)c1ccc(Br)cc1C#N. The predicted molar refractivity (Wildman–Crippen MR) is 67.0 cm³/mol. The van der Waals surface area contributed by atoms with Crippen molar-refractivity contribution in [3.8, 4) is 6.07 Å². The molecule has 0 unspecified atom stereocenters. The monoisotopic (exact) mass is 266 g/mol. The van der Waals surface area contributed by atoms with Crippen LogP contribution in [0.2, 0.25) is 0 Å². The van der Waals surface area contributed by atoms with Crippen LogP contribution in [0.5, 0.6) is 0 Å². The van der Waals surface area contributed by atoms with E-state index in [1.807, 2.05) is 25.2 Å². The number of rotatable bonds is 4. The van der Waals surface area contributed by atoms with Crippen LogP contribution in [0.4, 0.5) is 5.69 Å². The molecule has 0 heterocycles. The third kappa shape index (κ3) is 3.24. The number of anilines is 1. The van der Waals surface area contributed by atoms with E-state index in [9.17, 15) is 0 Å². The zero-order valence-electron chi connectivity index (χ0n) is 9.13. The molecule has 80 valence electrons. The van der Waals surface area contributed by atoms with Gasteiger partial charge in [-0.15, -0.1) is 0 Å². The Balaban J connectivity index is 2.89. The summed E-state index contributed by atoms with van der Waals surface area (Å²) in [7, 11) is 2.03. The third-order valence-electron chi connectivity index (χ3n) is 2.34. The molecule has 1 rings (SSSR count). The number of halogens is 1. The van der Waals surface area contributed by atoms with Crippen LogP contribution in [0, 0.1) is 11.3 Å². The number of benzene rings is 1. The second-order valence-electron chi connectivity index (χ2n) is 3.55. The van der Waals surface area contributed by atoms with Crippen molar-refractivity contribution in [3.63, 3.8) is 0 Å². The van der Waals surface area contributed by atoms with Gasteiger partial charge in [0.1, 0.15) is 6.07 Å². The van der Waals surface area contributed by atoms with Crippen molar-refractivity contribution in [2.75, 3.05) is 18.5 Å². The highest BCUT2D eigenvalue weighted by Crippen LogP contribution is 2.23. The van der Waals surface area contributed by atoms with Crippen LogP contribution in [0.3, 0.4) is 0 Å². The topological polar surface area (TPSA) is 27.0 Å². The molecule has 0 fully saturated rings. The fourth-order valence-corrected chi connectivity index (χ4v) is 1.81. The summed E-state index contributed by atoms with van der Waals surface area (Å²) in [5, 5.41) is 9.02. The van der Waals surface area contributed by atoms with Crippen molar-refractivity contribution in [2.24, 2.45) is 0 Å². The van der Waals surface area contributed by atoms with E-state index in [0.717, 1.165) is 28.7 Å². The van der Waals surface area contributed by atoms with Gasteiger partial charge in [0.15, 0.2) is 0 Å². The molecule has 1 aromatic carbocycles. The molecule has 0 aliphatic carbocycles. The molecule has 0 saturated heterocycles. The number of hydrogen-bond donors (Lipinski definition) is 0. The summed E-state index contributed by atoms with van der Waals surface area (Å²) in [6, 6.07) is 8.04. The molecule has 0 aromatic heterocycles. The average molecular weight is 267 g/mol. The summed E-state index contributed by atoms with van der Waals surface area (Å²) >= 11 is 3.37. The minimum Gasteiger partial charge on any atom is -0.374 e. The minimum atomic E-state index is 0.725. The maximum Gasteiger partial charge on any atom is 0.101 e. The molecule has 0 aliphatic heterocycles. The molecule has 0 amide bonds. The lowest BCUT2D eigenvalue weighted by Gasteiger charge is -2.20. The maximum absolute atomic E-state index is 9.02. The van der Waals surface area contributed by atoms with Gasteiger partial charge in [-0.2, -0.15) is 5.26 Å². The molecule has 3 heteroatoms. The highest BCUT2D eigenvalue weighted by molar-refractivity contribution is 9.10.